The fourth-order valence-electron chi connectivity index (χ4n) is 3.24. The van der Waals surface area contributed by atoms with E-state index in [1.165, 1.54) is 41.8 Å². The van der Waals surface area contributed by atoms with Gasteiger partial charge in [0.05, 0.1) is 5.69 Å². The Balaban J connectivity index is 2.05. The SMILES string of the molecule is CC(C)(c1cccc(N)c1)c1n[nH]c2c1CCCCC2. The van der Waals surface area contributed by atoms with Crippen molar-refractivity contribution in [1.29, 1.82) is 0 Å². The normalized spacial score (nSPS) is 15.7. The molecule has 1 aromatic carbocycles. The molecule has 3 heteroatoms. The molecule has 0 bridgehead atoms. The summed E-state index contributed by atoms with van der Waals surface area (Å²) in [7, 11) is 0. The fraction of sp³-hybridized carbons (Fsp3) is 0.471. The van der Waals surface area contributed by atoms with Crippen LogP contribution in [0.5, 0.6) is 0 Å². The number of anilines is 1. The van der Waals surface area contributed by atoms with Crippen LogP contribution in [0.4, 0.5) is 5.69 Å². The van der Waals surface area contributed by atoms with Crippen LogP contribution in [0.1, 0.15) is 55.6 Å². The van der Waals surface area contributed by atoms with Gasteiger partial charge in [-0.15, -0.1) is 0 Å². The van der Waals surface area contributed by atoms with Gasteiger partial charge < -0.3 is 5.73 Å². The van der Waals surface area contributed by atoms with Crippen molar-refractivity contribution in [3.63, 3.8) is 0 Å². The number of hydrogen-bond acceptors (Lipinski definition) is 2. The Kier molecular flexibility index (Phi) is 3.28. The van der Waals surface area contributed by atoms with E-state index in [2.05, 4.69) is 36.2 Å². The maximum absolute atomic E-state index is 5.94. The minimum absolute atomic E-state index is 0.107. The highest BCUT2D eigenvalue weighted by Crippen LogP contribution is 2.36. The molecule has 0 atom stereocenters. The summed E-state index contributed by atoms with van der Waals surface area (Å²) >= 11 is 0. The first-order valence-electron chi connectivity index (χ1n) is 7.51. The number of nitrogens with two attached hydrogens (primary N) is 1. The van der Waals surface area contributed by atoms with Crippen LogP contribution in [-0.2, 0) is 18.3 Å². The average Bonchev–Trinajstić information content (AvgIpc) is 2.69. The lowest BCUT2D eigenvalue weighted by Crippen LogP contribution is -2.21. The molecule has 106 valence electrons. The predicted octanol–water partition coefficient (Wildman–Crippen LogP) is 3.59. The van der Waals surface area contributed by atoms with Crippen molar-refractivity contribution in [3.05, 3.63) is 46.8 Å². The Morgan fingerprint density at radius 3 is 2.75 bits per heavy atom. The number of nitrogens with zero attached hydrogens (tertiary/aromatic N) is 1. The van der Waals surface area contributed by atoms with Crippen molar-refractivity contribution in [3.8, 4) is 0 Å². The number of fused-ring (bicyclic) bond motifs is 1. The van der Waals surface area contributed by atoms with Gasteiger partial charge in [-0.25, -0.2) is 0 Å². The minimum atomic E-state index is -0.107. The lowest BCUT2D eigenvalue weighted by atomic mass is 9.79. The maximum atomic E-state index is 5.94. The van der Waals surface area contributed by atoms with Crippen LogP contribution >= 0.6 is 0 Å². The number of aryl methyl sites for hydroxylation is 1. The van der Waals surface area contributed by atoms with Crippen molar-refractivity contribution in [2.75, 3.05) is 5.73 Å². The number of rotatable bonds is 2. The summed E-state index contributed by atoms with van der Waals surface area (Å²) in [4.78, 5) is 0. The Bertz CT molecular complexity index is 610. The van der Waals surface area contributed by atoms with E-state index in [-0.39, 0.29) is 5.41 Å². The lowest BCUT2D eigenvalue weighted by Gasteiger charge is -2.25. The summed E-state index contributed by atoms with van der Waals surface area (Å²) in [5.74, 6) is 0. The van der Waals surface area contributed by atoms with Crippen LogP contribution in [0.25, 0.3) is 0 Å². The van der Waals surface area contributed by atoms with Crippen molar-refractivity contribution in [2.45, 2.75) is 51.4 Å². The summed E-state index contributed by atoms with van der Waals surface area (Å²) in [5, 5.41) is 7.93. The van der Waals surface area contributed by atoms with E-state index >= 15 is 0 Å². The van der Waals surface area contributed by atoms with E-state index in [0.29, 0.717) is 0 Å². The zero-order chi connectivity index (χ0) is 14.2. The van der Waals surface area contributed by atoms with Gasteiger partial charge >= 0.3 is 0 Å². The molecule has 0 amide bonds. The lowest BCUT2D eigenvalue weighted by molar-refractivity contribution is 0.600. The highest BCUT2D eigenvalue weighted by molar-refractivity contribution is 5.47. The van der Waals surface area contributed by atoms with Gasteiger partial charge in [0.25, 0.3) is 0 Å². The van der Waals surface area contributed by atoms with E-state index in [1.807, 2.05) is 12.1 Å². The number of benzene rings is 1. The van der Waals surface area contributed by atoms with E-state index in [4.69, 9.17) is 5.73 Å². The van der Waals surface area contributed by atoms with Crippen molar-refractivity contribution in [1.82, 2.24) is 10.2 Å². The molecule has 1 heterocycles. The van der Waals surface area contributed by atoms with E-state index in [0.717, 1.165) is 18.5 Å². The molecule has 1 aliphatic carbocycles. The third-order valence-corrected chi connectivity index (χ3v) is 4.51. The van der Waals surface area contributed by atoms with Gasteiger partial charge in [0.15, 0.2) is 0 Å². The van der Waals surface area contributed by atoms with Gasteiger partial charge in [-0.3, -0.25) is 5.10 Å². The van der Waals surface area contributed by atoms with E-state index in [1.54, 1.807) is 0 Å². The van der Waals surface area contributed by atoms with Crippen LogP contribution in [-0.4, -0.2) is 10.2 Å². The van der Waals surface area contributed by atoms with Gasteiger partial charge in [0, 0.05) is 16.8 Å². The molecular weight excluding hydrogens is 246 g/mol. The Labute approximate surface area is 120 Å². The number of H-pyrrole nitrogens is 1. The highest BCUT2D eigenvalue weighted by Gasteiger charge is 2.30. The zero-order valence-corrected chi connectivity index (χ0v) is 12.4. The zero-order valence-electron chi connectivity index (χ0n) is 12.4. The van der Waals surface area contributed by atoms with Crippen LogP contribution < -0.4 is 5.73 Å². The van der Waals surface area contributed by atoms with E-state index < -0.39 is 0 Å². The molecule has 1 aromatic heterocycles. The molecule has 3 N–H and O–H groups in total. The topological polar surface area (TPSA) is 54.7 Å². The van der Waals surface area contributed by atoms with Gasteiger partial charge in [0.2, 0.25) is 0 Å². The molecule has 0 unspecified atom stereocenters. The molecule has 20 heavy (non-hydrogen) atoms. The predicted molar refractivity (Wildman–Crippen MR) is 82.8 cm³/mol. The van der Waals surface area contributed by atoms with Crippen molar-refractivity contribution >= 4 is 5.69 Å². The van der Waals surface area contributed by atoms with Crippen LogP contribution in [0, 0.1) is 0 Å². The maximum Gasteiger partial charge on any atom is 0.0756 e. The number of nitrogen functional groups attached to an aromatic ring is 1. The van der Waals surface area contributed by atoms with Crippen LogP contribution in [0.2, 0.25) is 0 Å². The molecule has 0 spiro atoms. The first kappa shape index (κ1) is 13.2. The molecule has 0 fully saturated rings. The molecule has 3 nitrogen and oxygen atoms in total. The molecule has 3 rings (SSSR count). The number of nitrogens with one attached hydrogen (secondary N) is 1. The largest absolute Gasteiger partial charge is 0.399 e. The van der Waals surface area contributed by atoms with Crippen molar-refractivity contribution < 1.29 is 0 Å². The Hall–Kier alpha value is -1.77. The van der Waals surface area contributed by atoms with Gasteiger partial charge in [0.1, 0.15) is 0 Å². The summed E-state index contributed by atoms with van der Waals surface area (Å²) in [6.45, 7) is 4.48. The van der Waals surface area contributed by atoms with Gasteiger partial charge in [-0.1, -0.05) is 32.4 Å². The third kappa shape index (κ3) is 2.21. The number of hydrogen-bond donors (Lipinski definition) is 2. The monoisotopic (exact) mass is 269 g/mol. The number of aromatic nitrogens is 2. The third-order valence-electron chi connectivity index (χ3n) is 4.51. The summed E-state index contributed by atoms with van der Waals surface area (Å²) in [5.41, 5.74) is 11.9. The van der Waals surface area contributed by atoms with E-state index in [9.17, 15) is 0 Å². The van der Waals surface area contributed by atoms with Gasteiger partial charge in [-0.2, -0.15) is 5.10 Å². The molecule has 0 radical (unpaired) electrons. The second kappa shape index (κ2) is 4.97. The summed E-state index contributed by atoms with van der Waals surface area (Å²) in [6.07, 6.45) is 6.14. The Morgan fingerprint density at radius 2 is 1.95 bits per heavy atom. The molecule has 0 saturated carbocycles. The molecular formula is C17H23N3. The second-order valence-corrected chi connectivity index (χ2v) is 6.34. The molecule has 0 aliphatic heterocycles. The average molecular weight is 269 g/mol. The van der Waals surface area contributed by atoms with Crippen molar-refractivity contribution in [2.24, 2.45) is 0 Å². The number of aromatic amines is 1. The quantitative estimate of drug-likeness (QED) is 0.646. The Morgan fingerprint density at radius 1 is 1.15 bits per heavy atom. The smallest absolute Gasteiger partial charge is 0.0756 e. The first-order valence-corrected chi connectivity index (χ1v) is 7.51. The standard InChI is InChI=1S/C17H23N3/c1-17(2,12-7-6-8-13(18)11-12)16-14-9-4-3-5-10-15(14)19-20-16/h6-8,11H,3-5,9-10,18H2,1-2H3,(H,19,20). The second-order valence-electron chi connectivity index (χ2n) is 6.34. The first-order chi connectivity index (χ1) is 9.59. The van der Waals surface area contributed by atoms with Gasteiger partial charge in [-0.05, 0) is 48.9 Å². The summed E-state index contributed by atoms with van der Waals surface area (Å²) in [6, 6.07) is 8.17. The van der Waals surface area contributed by atoms with Crippen LogP contribution in [0.3, 0.4) is 0 Å². The molecule has 0 saturated heterocycles. The fourth-order valence-corrected chi connectivity index (χ4v) is 3.24. The molecule has 1 aliphatic rings. The summed E-state index contributed by atoms with van der Waals surface area (Å²) < 4.78 is 0. The highest BCUT2D eigenvalue weighted by atomic mass is 15.1. The van der Waals surface area contributed by atoms with Crippen LogP contribution in [0.15, 0.2) is 24.3 Å². The minimum Gasteiger partial charge on any atom is -0.399 e. The molecule has 2 aromatic rings.